The average molecular weight is 306 g/mol. The van der Waals surface area contributed by atoms with Gasteiger partial charge >= 0.3 is 6.03 Å². The van der Waals surface area contributed by atoms with Crippen LogP contribution in [0.2, 0.25) is 5.02 Å². The average Bonchev–Trinajstić information content (AvgIpc) is 2.24. The molecule has 0 saturated heterocycles. The van der Waals surface area contributed by atoms with Crippen LogP contribution in [0.4, 0.5) is 10.5 Å². The molecule has 0 atom stereocenters. The lowest BCUT2D eigenvalue weighted by molar-refractivity contribution is 0.224. The van der Waals surface area contributed by atoms with Gasteiger partial charge in [0.2, 0.25) is 0 Å². The van der Waals surface area contributed by atoms with Crippen LogP contribution in [0.1, 0.15) is 12.5 Å². The minimum absolute atomic E-state index is 0.150. The Kier molecular flexibility index (Phi) is 4.62. The van der Waals surface area contributed by atoms with Gasteiger partial charge in [-0.1, -0.05) is 11.6 Å². The third-order valence-electron chi connectivity index (χ3n) is 2.31. The van der Waals surface area contributed by atoms with Gasteiger partial charge in [-0.05, 0) is 47.5 Å². The summed E-state index contributed by atoms with van der Waals surface area (Å²) in [5, 5.41) is 3.42. The van der Waals surface area contributed by atoms with E-state index in [4.69, 9.17) is 11.6 Å². The fraction of sp³-hybridized carbons (Fsp3) is 0.364. The zero-order valence-electron chi connectivity index (χ0n) is 9.47. The third-order valence-corrected chi connectivity index (χ3v) is 3.37. The van der Waals surface area contributed by atoms with Gasteiger partial charge in [-0.3, -0.25) is 0 Å². The van der Waals surface area contributed by atoms with Crippen molar-refractivity contribution < 1.29 is 4.79 Å². The summed E-state index contributed by atoms with van der Waals surface area (Å²) in [5.41, 5.74) is 1.65. The molecule has 1 rings (SSSR count). The van der Waals surface area contributed by atoms with Crippen molar-refractivity contribution in [2.24, 2.45) is 0 Å². The quantitative estimate of drug-likeness (QED) is 0.883. The largest absolute Gasteiger partial charge is 0.328 e. The first-order valence-electron chi connectivity index (χ1n) is 4.93. The number of nitrogens with zero attached hydrogens (tertiary/aromatic N) is 1. The number of hydrogen-bond acceptors (Lipinski definition) is 1. The molecule has 0 aromatic heterocycles. The normalized spacial score (nSPS) is 10.1. The zero-order valence-corrected chi connectivity index (χ0v) is 11.8. The summed E-state index contributed by atoms with van der Waals surface area (Å²) in [6.07, 6.45) is 0. The minimum Gasteiger partial charge on any atom is -0.328 e. The van der Waals surface area contributed by atoms with Crippen molar-refractivity contribution in [1.82, 2.24) is 4.90 Å². The summed E-state index contributed by atoms with van der Waals surface area (Å²) in [6, 6.07) is 3.47. The Hall–Kier alpha value is -0.740. The van der Waals surface area contributed by atoms with Crippen LogP contribution in [0, 0.1) is 6.92 Å². The van der Waals surface area contributed by atoms with Crippen molar-refractivity contribution in [2.75, 3.05) is 18.9 Å². The number of nitrogens with one attached hydrogen (secondary N) is 1. The molecule has 16 heavy (non-hydrogen) atoms. The van der Waals surface area contributed by atoms with E-state index in [-0.39, 0.29) is 6.03 Å². The van der Waals surface area contributed by atoms with Gasteiger partial charge in [-0.25, -0.2) is 4.79 Å². The number of benzene rings is 1. The summed E-state index contributed by atoms with van der Waals surface area (Å²) < 4.78 is 0.826. The van der Waals surface area contributed by atoms with Crippen LogP contribution >= 0.6 is 27.5 Å². The lowest BCUT2D eigenvalue weighted by Crippen LogP contribution is -2.31. The highest BCUT2D eigenvalue weighted by molar-refractivity contribution is 9.10. The number of anilines is 1. The number of halogens is 2. The number of carbonyl (C=O) groups excluding carboxylic acids is 1. The third kappa shape index (κ3) is 3.12. The molecule has 0 saturated carbocycles. The van der Waals surface area contributed by atoms with Crippen LogP contribution in [-0.4, -0.2) is 24.5 Å². The Morgan fingerprint density at radius 3 is 2.75 bits per heavy atom. The maximum absolute atomic E-state index is 11.6. The second kappa shape index (κ2) is 5.55. The highest BCUT2D eigenvalue weighted by atomic mass is 79.9. The highest BCUT2D eigenvalue weighted by Crippen LogP contribution is 2.29. The molecule has 1 N–H and O–H groups in total. The van der Waals surface area contributed by atoms with Crippen molar-refractivity contribution >= 4 is 39.2 Å². The van der Waals surface area contributed by atoms with Crippen LogP contribution in [0.5, 0.6) is 0 Å². The predicted octanol–water partition coefficient (Wildman–Crippen LogP) is 3.89. The van der Waals surface area contributed by atoms with E-state index in [1.807, 2.05) is 19.9 Å². The Morgan fingerprint density at radius 1 is 1.56 bits per heavy atom. The summed E-state index contributed by atoms with van der Waals surface area (Å²) in [4.78, 5) is 13.2. The summed E-state index contributed by atoms with van der Waals surface area (Å²) in [7, 11) is 1.74. The molecular formula is C11H14BrClN2O. The van der Waals surface area contributed by atoms with Gasteiger partial charge in [-0.15, -0.1) is 0 Å². The predicted molar refractivity (Wildman–Crippen MR) is 71.2 cm³/mol. The maximum atomic E-state index is 11.6. The summed E-state index contributed by atoms with van der Waals surface area (Å²) in [5.74, 6) is 0. The molecular weight excluding hydrogens is 291 g/mol. The lowest BCUT2D eigenvalue weighted by Gasteiger charge is -2.16. The number of hydrogen-bond donors (Lipinski definition) is 1. The van der Waals surface area contributed by atoms with Crippen LogP contribution < -0.4 is 5.32 Å². The van der Waals surface area contributed by atoms with Crippen molar-refractivity contribution in [3.63, 3.8) is 0 Å². The Bertz CT molecular complexity index is 409. The maximum Gasteiger partial charge on any atom is 0.321 e. The zero-order chi connectivity index (χ0) is 12.3. The summed E-state index contributed by atoms with van der Waals surface area (Å²) in [6.45, 7) is 4.48. The number of urea groups is 1. The minimum atomic E-state index is -0.150. The van der Waals surface area contributed by atoms with Gasteiger partial charge in [0.25, 0.3) is 0 Å². The van der Waals surface area contributed by atoms with E-state index in [1.54, 1.807) is 18.0 Å². The smallest absolute Gasteiger partial charge is 0.321 e. The monoisotopic (exact) mass is 304 g/mol. The molecule has 88 valence electrons. The molecule has 1 aromatic carbocycles. The molecule has 0 radical (unpaired) electrons. The molecule has 1 aromatic rings. The van der Waals surface area contributed by atoms with Gasteiger partial charge < -0.3 is 10.2 Å². The molecule has 0 aliphatic carbocycles. The first-order chi connectivity index (χ1) is 7.45. The first kappa shape index (κ1) is 13.3. The topological polar surface area (TPSA) is 32.3 Å². The van der Waals surface area contributed by atoms with Crippen molar-refractivity contribution in [3.8, 4) is 0 Å². The molecule has 0 unspecified atom stereocenters. The molecule has 0 spiro atoms. The molecule has 0 heterocycles. The Balaban J connectivity index is 2.90. The van der Waals surface area contributed by atoms with Crippen molar-refractivity contribution in [1.29, 1.82) is 0 Å². The van der Waals surface area contributed by atoms with Crippen molar-refractivity contribution in [2.45, 2.75) is 13.8 Å². The van der Waals surface area contributed by atoms with Crippen LogP contribution in [-0.2, 0) is 0 Å². The van der Waals surface area contributed by atoms with Gasteiger partial charge in [-0.2, -0.15) is 0 Å². The molecule has 3 nitrogen and oxygen atoms in total. The van der Waals surface area contributed by atoms with E-state index >= 15 is 0 Å². The number of aryl methyl sites for hydroxylation is 1. The van der Waals surface area contributed by atoms with Crippen LogP contribution in [0.15, 0.2) is 16.6 Å². The number of rotatable bonds is 2. The lowest BCUT2D eigenvalue weighted by atomic mass is 10.2. The summed E-state index contributed by atoms with van der Waals surface area (Å²) >= 11 is 9.39. The van der Waals surface area contributed by atoms with Gasteiger partial charge in [0, 0.05) is 23.1 Å². The van der Waals surface area contributed by atoms with E-state index in [0.29, 0.717) is 17.3 Å². The Morgan fingerprint density at radius 2 is 2.19 bits per heavy atom. The standard InChI is InChI=1S/C11H14BrClN2O/c1-4-15(3)11(16)14-10-6-9(13)7(2)5-8(10)12/h5-6H,4H2,1-3H3,(H,14,16). The van der Waals surface area contributed by atoms with Gasteiger partial charge in [0.05, 0.1) is 5.69 Å². The van der Waals surface area contributed by atoms with E-state index in [9.17, 15) is 4.79 Å². The Labute approximate surface area is 109 Å². The van der Waals surface area contributed by atoms with Crippen LogP contribution in [0.25, 0.3) is 0 Å². The fourth-order valence-electron chi connectivity index (χ4n) is 1.10. The SMILES string of the molecule is CCN(C)C(=O)Nc1cc(Cl)c(C)cc1Br. The van der Waals surface area contributed by atoms with Crippen LogP contribution in [0.3, 0.4) is 0 Å². The second-order valence-electron chi connectivity index (χ2n) is 3.53. The molecule has 5 heteroatoms. The highest BCUT2D eigenvalue weighted by Gasteiger charge is 2.10. The number of carbonyl (C=O) groups is 1. The fourth-order valence-corrected chi connectivity index (χ4v) is 1.82. The molecule has 0 fully saturated rings. The molecule has 2 amide bonds. The first-order valence-corrected chi connectivity index (χ1v) is 6.10. The van der Waals surface area contributed by atoms with E-state index < -0.39 is 0 Å². The molecule has 0 aliphatic rings. The molecule has 0 bridgehead atoms. The molecule has 0 aliphatic heterocycles. The van der Waals surface area contributed by atoms with E-state index in [0.717, 1.165) is 10.0 Å². The van der Waals surface area contributed by atoms with E-state index in [1.165, 1.54) is 0 Å². The second-order valence-corrected chi connectivity index (χ2v) is 4.79. The number of amides is 2. The van der Waals surface area contributed by atoms with Crippen molar-refractivity contribution in [3.05, 3.63) is 27.2 Å². The van der Waals surface area contributed by atoms with E-state index in [2.05, 4.69) is 21.2 Å². The van der Waals surface area contributed by atoms with Gasteiger partial charge in [0.1, 0.15) is 0 Å². The van der Waals surface area contributed by atoms with Gasteiger partial charge in [0.15, 0.2) is 0 Å².